The molecule has 2 heterocycles. The number of ether oxygens (including phenoxy) is 2. The van der Waals surface area contributed by atoms with Gasteiger partial charge in [0.25, 0.3) is 0 Å². The minimum atomic E-state index is -0.506. The van der Waals surface area contributed by atoms with Crippen molar-refractivity contribution in [3.05, 3.63) is 84.9 Å². The molecule has 0 atom stereocenters. The van der Waals surface area contributed by atoms with Crippen LogP contribution in [0.4, 0.5) is 16.2 Å². The number of carbonyl (C=O) groups excluding carboxylic acids is 1. The number of H-pyrrole nitrogens is 1. The molecule has 202 valence electrons. The zero-order valence-electron chi connectivity index (χ0n) is 22.4. The van der Waals surface area contributed by atoms with Crippen LogP contribution in [0.3, 0.4) is 0 Å². The number of anilines is 2. The lowest BCUT2D eigenvalue weighted by Gasteiger charge is -2.36. The van der Waals surface area contributed by atoms with E-state index in [1.807, 2.05) is 12.1 Å². The van der Waals surface area contributed by atoms with Crippen molar-refractivity contribution in [2.75, 3.05) is 56.2 Å². The Labute approximate surface area is 229 Å². The third-order valence-electron chi connectivity index (χ3n) is 6.95. The van der Waals surface area contributed by atoms with Gasteiger partial charge in [0.15, 0.2) is 0 Å². The Hall–Kier alpha value is -4.30. The van der Waals surface area contributed by atoms with E-state index in [2.05, 4.69) is 76.1 Å². The second-order valence-electron chi connectivity index (χ2n) is 9.52. The summed E-state index contributed by atoms with van der Waals surface area (Å²) in [6.07, 6.45) is 2.05. The van der Waals surface area contributed by atoms with E-state index in [-0.39, 0.29) is 6.61 Å². The zero-order chi connectivity index (χ0) is 27.0. The first-order valence-electron chi connectivity index (χ1n) is 13.5. The average Bonchev–Trinajstić information content (AvgIpc) is 3.42. The summed E-state index contributed by atoms with van der Waals surface area (Å²) in [6.45, 7) is 11.1. The number of rotatable bonds is 10. The van der Waals surface area contributed by atoms with Gasteiger partial charge >= 0.3 is 6.09 Å². The zero-order valence-corrected chi connectivity index (χ0v) is 22.4. The molecule has 1 aliphatic heterocycles. The fourth-order valence-electron chi connectivity index (χ4n) is 4.74. The van der Waals surface area contributed by atoms with Crippen LogP contribution in [0.2, 0.25) is 0 Å². The Morgan fingerprint density at radius 2 is 1.82 bits per heavy atom. The van der Waals surface area contributed by atoms with Crippen molar-refractivity contribution in [1.29, 1.82) is 0 Å². The van der Waals surface area contributed by atoms with E-state index in [1.165, 1.54) is 17.3 Å². The number of aromatic nitrogens is 2. The Morgan fingerprint density at radius 1 is 1.05 bits per heavy atom. The molecule has 1 amide bonds. The van der Waals surface area contributed by atoms with E-state index < -0.39 is 6.09 Å². The highest BCUT2D eigenvalue weighted by Crippen LogP contribution is 2.29. The van der Waals surface area contributed by atoms with Crippen LogP contribution in [0, 0.1) is 0 Å². The molecule has 0 saturated carbocycles. The second kappa shape index (κ2) is 12.5. The number of aromatic amines is 1. The normalized spacial score (nSPS) is 13.8. The fraction of sp³-hybridized carbons (Fsp3) is 0.290. The molecule has 39 heavy (non-hydrogen) atoms. The number of benzene rings is 3. The summed E-state index contributed by atoms with van der Waals surface area (Å²) in [5.41, 5.74) is 6.35. The van der Waals surface area contributed by atoms with Crippen molar-refractivity contribution >= 4 is 28.5 Å². The molecule has 1 aliphatic rings. The number of aryl methyl sites for hydroxylation is 1. The van der Waals surface area contributed by atoms with E-state index in [4.69, 9.17) is 14.5 Å². The molecular weight excluding hydrogens is 490 g/mol. The molecule has 3 aromatic carbocycles. The molecule has 8 nitrogen and oxygen atoms in total. The minimum Gasteiger partial charge on any atom is -0.492 e. The van der Waals surface area contributed by atoms with Gasteiger partial charge in [-0.15, -0.1) is 0 Å². The van der Waals surface area contributed by atoms with Crippen LogP contribution in [-0.4, -0.2) is 66.9 Å². The van der Waals surface area contributed by atoms with Crippen molar-refractivity contribution in [3.8, 4) is 17.1 Å². The summed E-state index contributed by atoms with van der Waals surface area (Å²) in [7, 11) is 0. The molecule has 0 unspecified atom stereocenters. The van der Waals surface area contributed by atoms with Crippen LogP contribution in [0.5, 0.6) is 5.75 Å². The van der Waals surface area contributed by atoms with Crippen molar-refractivity contribution in [2.24, 2.45) is 0 Å². The SMILES string of the molecule is C=CCOC(=O)Nc1ccc(OCCN2CCN(c3cccc4[nH]c(-c5ccc(CC)cc5)nc34)CC2)cc1. The van der Waals surface area contributed by atoms with E-state index >= 15 is 0 Å². The van der Waals surface area contributed by atoms with Gasteiger partial charge in [-0.3, -0.25) is 10.2 Å². The average molecular weight is 526 g/mol. The Kier molecular flexibility index (Phi) is 8.43. The number of amides is 1. The summed E-state index contributed by atoms with van der Waals surface area (Å²) in [4.78, 5) is 25.0. The summed E-state index contributed by atoms with van der Waals surface area (Å²) in [5, 5.41) is 2.67. The smallest absolute Gasteiger partial charge is 0.411 e. The van der Waals surface area contributed by atoms with Gasteiger partial charge in [0.05, 0.1) is 11.2 Å². The first-order chi connectivity index (χ1) is 19.1. The molecule has 1 fully saturated rings. The van der Waals surface area contributed by atoms with Crippen molar-refractivity contribution < 1.29 is 14.3 Å². The lowest BCUT2D eigenvalue weighted by molar-refractivity contribution is 0.174. The number of piperazine rings is 1. The van der Waals surface area contributed by atoms with Crippen molar-refractivity contribution in [3.63, 3.8) is 0 Å². The maximum absolute atomic E-state index is 11.6. The van der Waals surface area contributed by atoms with E-state index in [0.717, 1.165) is 67.3 Å². The maximum Gasteiger partial charge on any atom is 0.411 e. The maximum atomic E-state index is 11.6. The predicted octanol–water partition coefficient (Wildman–Crippen LogP) is 5.73. The van der Waals surface area contributed by atoms with Gasteiger partial charge in [0, 0.05) is 44.0 Å². The van der Waals surface area contributed by atoms with Crippen LogP contribution in [0.1, 0.15) is 12.5 Å². The molecule has 4 aromatic rings. The van der Waals surface area contributed by atoms with Crippen LogP contribution in [0.25, 0.3) is 22.4 Å². The summed E-state index contributed by atoms with van der Waals surface area (Å²) < 4.78 is 10.9. The van der Waals surface area contributed by atoms with Crippen LogP contribution >= 0.6 is 0 Å². The highest BCUT2D eigenvalue weighted by molar-refractivity contribution is 5.91. The van der Waals surface area contributed by atoms with Gasteiger partial charge in [-0.2, -0.15) is 0 Å². The number of nitrogens with zero attached hydrogens (tertiary/aromatic N) is 3. The molecule has 2 N–H and O–H groups in total. The third kappa shape index (κ3) is 6.59. The largest absolute Gasteiger partial charge is 0.492 e. The Balaban J connectivity index is 1.11. The second-order valence-corrected chi connectivity index (χ2v) is 9.52. The molecule has 0 radical (unpaired) electrons. The van der Waals surface area contributed by atoms with E-state index in [1.54, 1.807) is 12.1 Å². The number of hydrogen-bond donors (Lipinski definition) is 2. The van der Waals surface area contributed by atoms with Gasteiger partial charge in [-0.1, -0.05) is 49.9 Å². The standard InChI is InChI=1S/C31H35N5O3/c1-3-21-39-31(37)32-25-12-14-26(15-13-25)38-22-20-35-16-18-36(19-17-35)28-7-5-6-27-29(28)34-30(33-27)24-10-8-23(4-2)9-11-24/h3,5-15H,1,4,16-22H2,2H3,(H,32,37)(H,33,34). The highest BCUT2D eigenvalue weighted by atomic mass is 16.5. The van der Waals surface area contributed by atoms with Gasteiger partial charge in [0.1, 0.15) is 30.3 Å². The quantitative estimate of drug-likeness (QED) is 0.258. The summed E-state index contributed by atoms with van der Waals surface area (Å²) in [6, 6.07) is 22.3. The lowest BCUT2D eigenvalue weighted by atomic mass is 10.1. The lowest BCUT2D eigenvalue weighted by Crippen LogP contribution is -2.47. The summed E-state index contributed by atoms with van der Waals surface area (Å²) in [5.74, 6) is 1.68. The third-order valence-corrected chi connectivity index (χ3v) is 6.95. The first kappa shape index (κ1) is 26.3. The van der Waals surface area contributed by atoms with Gasteiger partial charge in [0.2, 0.25) is 0 Å². The van der Waals surface area contributed by atoms with E-state index in [0.29, 0.717) is 12.3 Å². The van der Waals surface area contributed by atoms with Gasteiger partial charge in [-0.05, 0) is 48.4 Å². The fourth-order valence-corrected chi connectivity index (χ4v) is 4.74. The predicted molar refractivity (Wildman–Crippen MR) is 157 cm³/mol. The molecule has 5 rings (SSSR count). The van der Waals surface area contributed by atoms with Gasteiger partial charge < -0.3 is 19.4 Å². The molecular formula is C31H35N5O3. The van der Waals surface area contributed by atoms with E-state index in [9.17, 15) is 4.79 Å². The first-order valence-corrected chi connectivity index (χ1v) is 13.5. The molecule has 1 saturated heterocycles. The molecule has 0 aliphatic carbocycles. The monoisotopic (exact) mass is 525 g/mol. The topological polar surface area (TPSA) is 82.7 Å². The number of para-hydroxylation sites is 1. The molecule has 1 aromatic heterocycles. The van der Waals surface area contributed by atoms with Gasteiger partial charge in [-0.25, -0.2) is 9.78 Å². The van der Waals surface area contributed by atoms with Crippen LogP contribution < -0.4 is 15.0 Å². The number of hydrogen-bond acceptors (Lipinski definition) is 6. The summed E-state index contributed by atoms with van der Waals surface area (Å²) >= 11 is 0. The Morgan fingerprint density at radius 3 is 2.54 bits per heavy atom. The molecule has 0 spiro atoms. The highest BCUT2D eigenvalue weighted by Gasteiger charge is 2.20. The van der Waals surface area contributed by atoms with Crippen LogP contribution in [-0.2, 0) is 11.2 Å². The number of carbonyl (C=O) groups is 1. The number of fused-ring (bicyclic) bond motifs is 1. The molecule has 0 bridgehead atoms. The minimum absolute atomic E-state index is 0.176. The Bertz CT molecular complexity index is 1390. The molecule has 8 heteroatoms. The van der Waals surface area contributed by atoms with Crippen molar-refractivity contribution in [1.82, 2.24) is 14.9 Å². The number of nitrogens with one attached hydrogen (secondary N) is 2. The number of imidazole rings is 1. The van der Waals surface area contributed by atoms with Crippen molar-refractivity contribution in [2.45, 2.75) is 13.3 Å². The van der Waals surface area contributed by atoms with Crippen LogP contribution in [0.15, 0.2) is 79.4 Å².